The summed E-state index contributed by atoms with van der Waals surface area (Å²) in [5.41, 5.74) is 5.22. The lowest BCUT2D eigenvalue weighted by Gasteiger charge is -2.20. The third-order valence-corrected chi connectivity index (χ3v) is 6.44. The normalized spacial score (nSPS) is 11.7. The Morgan fingerprint density at radius 3 is 2.50 bits per heavy atom. The van der Waals surface area contributed by atoms with E-state index in [9.17, 15) is 9.90 Å². The molecule has 5 rings (SSSR count). The van der Waals surface area contributed by atoms with Crippen molar-refractivity contribution in [2.75, 3.05) is 24.3 Å². The number of rotatable bonds is 6. The van der Waals surface area contributed by atoms with E-state index in [4.69, 9.17) is 6.57 Å². The number of benzene rings is 4. The number of nitrogens with one attached hydrogen (secondary N) is 1. The molecule has 188 valence electrons. The van der Waals surface area contributed by atoms with Gasteiger partial charge in [0.1, 0.15) is 11.8 Å². The molecule has 0 spiro atoms. The molecular formula is C31H27N5O2. The quantitative estimate of drug-likeness (QED) is 0.268. The predicted octanol–water partition coefficient (Wildman–Crippen LogP) is 6.28. The number of amides is 1. The molecule has 0 bridgehead atoms. The summed E-state index contributed by atoms with van der Waals surface area (Å²) in [6.07, 6.45) is -0.878. The van der Waals surface area contributed by atoms with E-state index in [0.717, 1.165) is 22.0 Å². The van der Waals surface area contributed by atoms with Crippen molar-refractivity contribution in [3.63, 3.8) is 0 Å². The molecule has 0 fully saturated rings. The second-order valence-corrected chi connectivity index (χ2v) is 9.31. The lowest BCUT2D eigenvalue weighted by molar-refractivity contribution is 0.101. The average molecular weight is 502 g/mol. The van der Waals surface area contributed by atoms with Crippen LogP contribution in [0.2, 0.25) is 0 Å². The number of aromatic nitrogens is 2. The third kappa shape index (κ3) is 4.73. The van der Waals surface area contributed by atoms with Crippen LogP contribution in [0.15, 0.2) is 91.0 Å². The monoisotopic (exact) mass is 501 g/mol. The molecule has 1 amide bonds. The molecule has 0 radical (unpaired) electrons. The lowest BCUT2D eigenvalue weighted by Crippen LogP contribution is -2.17. The molecule has 4 aromatic carbocycles. The molecule has 1 unspecified atom stereocenters. The Morgan fingerprint density at radius 1 is 0.974 bits per heavy atom. The van der Waals surface area contributed by atoms with Crippen molar-refractivity contribution in [1.29, 1.82) is 0 Å². The molecule has 38 heavy (non-hydrogen) atoms. The van der Waals surface area contributed by atoms with Crippen LogP contribution in [0, 0.1) is 13.5 Å². The maximum absolute atomic E-state index is 13.3. The molecule has 2 N–H and O–H groups in total. The minimum Gasteiger partial charge on any atom is -0.384 e. The predicted molar refractivity (Wildman–Crippen MR) is 151 cm³/mol. The Balaban J connectivity index is 1.45. The second kappa shape index (κ2) is 10.2. The van der Waals surface area contributed by atoms with Crippen molar-refractivity contribution < 1.29 is 9.90 Å². The largest absolute Gasteiger partial charge is 0.384 e. The van der Waals surface area contributed by atoms with Gasteiger partial charge in [0.15, 0.2) is 5.69 Å². The molecule has 5 aromatic rings. The van der Waals surface area contributed by atoms with Gasteiger partial charge < -0.3 is 15.3 Å². The van der Waals surface area contributed by atoms with Crippen LogP contribution in [0.1, 0.15) is 33.4 Å². The summed E-state index contributed by atoms with van der Waals surface area (Å²) < 4.78 is 1.54. The van der Waals surface area contributed by atoms with Gasteiger partial charge in [-0.05, 0) is 59.8 Å². The van der Waals surface area contributed by atoms with Crippen LogP contribution in [0.3, 0.4) is 0 Å². The molecule has 0 aliphatic heterocycles. The van der Waals surface area contributed by atoms with Crippen molar-refractivity contribution in [1.82, 2.24) is 9.78 Å². The fourth-order valence-corrected chi connectivity index (χ4v) is 4.65. The van der Waals surface area contributed by atoms with E-state index in [1.807, 2.05) is 63.5 Å². The van der Waals surface area contributed by atoms with Gasteiger partial charge in [-0.15, -0.1) is 0 Å². The second-order valence-electron chi connectivity index (χ2n) is 9.31. The highest BCUT2D eigenvalue weighted by atomic mass is 16.3. The van der Waals surface area contributed by atoms with E-state index in [-0.39, 0.29) is 5.91 Å². The summed E-state index contributed by atoms with van der Waals surface area (Å²) in [4.78, 5) is 18.8. The molecular weight excluding hydrogens is 474 g/mol. The van der Waals surface area contributed by atoms with Crippen LogP contribution in [0.4, 0.5) is 17.1 Å². The summed E-state index contributed by atoms with van der Waals surface area (Å²) in [6.45, 7) is 9.09. The van der Waals surface area contributed by atoms with Crippen molar-refractivity contribution in [2.45, 2.75) is 13.0 Å². The van der Waals surface area contributed by atoms with Crippen molar-refractivity contribution in [3.05, 3.63) is 125 Å². The van der Waals surface area contributed by atoms with Gasteiger partial charge in [0.2, 0.25) is 0 Å². The molecule has 7 heteroatoms. The highest BCUT2D eigenvalue weighted by molar-refractivity contribution is 6.03. The van der Waals surface area contributed by atoms with Gasteiger partial charge in [0.25, 0.3) is 5.91 Å². The van der Waals surface area contributed by atoms with E-state index < -0.39 is 6.10 Å². The number of fused-ring (bicyclic) bond motifs is 1. The topological polar surface area (TPSA) is 74.8 Å². The third-order valence-electron chi connectivity index (χ3n) is 6.44. The number of hydrogen-bond acceptors (Lipinski definition) is 4. The summed E-state index contributed by atoms with van der Waals surface area (Å²) in [7, 11) is 4.00. The van der Waals surface area contributed by atoms with Gasteiger partial charge in [0.05, 0.1) is 18.0 Å². The molecule has 1 aromatic heterocycles. The highest BCUT2D eigenvalue weighted by Crippen LogP contribution is 2.34. The maximum Gasteiger partial charge on any atom is 0.274 e. The SMILES string of the molecule is [C-]#[N+]c1cccc(-n2nc(C)cc2C(=O)Nc2cccc(C(O)c3ccc(N(C)C)c4ccccc34)c2)c1. The zero-order valence-corrected chi connectivity index (χ0v) is 21.4. The highest BCUT2D eigenvalue weighted by Gasteiger charge is 2.19. The van der Waals surface area contributed by atoms with Crippen molar-refractivity contribution in [3.8, 4) is 5.69 Å². The summed E-state index contributed by atoms with van der Waals surface area (Å²) >= 11 is 0. The lowest BCUT2D eigenvalue weighted by atomic mass is 9.94. The van der Waals surface area contributed by atoms with Crippen molar-refractivity contribution >= 4 is 33.7 Å². The van der Waals surface area contributed by atoms with E-state index in [1.165, 1.54) is 4.68 Å². The zero-order chi connectivity index (χ0) is 26.8. The number of hydrogen-bond donors (Lipinski definition) is 2. The average Bonchev–Trinajstić information content (AvgIpc) is 3.34. The molecule has 1 heterocycles. The Morgan fingerprint density at radius 2 is 1.74 bits per heavy atom. The van der Waals surface area contributed by atoms with Gasteiger partial charge in [-0.3, -0.25) is 4.79 Å². The van der Waals surface area contributed by atoms with Crippen LogP contribution in [0.25, 0.3) is 21.3 Å². The maximum atomic E-state index is 13.3. The minimum absolute atomic E-state index is 0.341. The molecule has 7 nitrogen and oxygen atoms in total. The van der Waals surface area contributed by atoms with Crippen LogP contribution >= 0.6 is 0 Å². The Bertz CT molecular complexity index is 1700. The number of aliphatic hydroxyl groups is 1. The number of carbonyl (C=O) groups excluding carboxylic acids is 1. The Kier molecular flexibility index (Phi) is 6.65. The van der Waals surface area contributed by atoms with Crippen LogP contribution in [-0.4, -0.2) is 34.9 Å². The first-order chi connectivity index (χ1) is 18.4. The molecule has 0 saturated heterocycles. The van der Waals surface area contributed by atoms with Crippen LogP contribution in [0.5, 0.6) is 0 Å². The van der Waals surface area contributed by atoms with Gasteiger partial charge in [-0.2, -0.15) is 5.10 Å². The van der Waals surface area contributed by atoms with Crippen LogP contribution in [-0.2, 0) is 0 Å². The van der Waals surface area contributed by atoms with Gasteiger partial charge in [-0.1, -0.05) is 54.6 Å². The smallest absolute Gasteiger partial charge is 0.274 e. The number of anilines is 2. The van der Waals surface area contributed by atoms with Gasteiger partial charge >= 0.3 is 0 Å². The standard InChI is InChI=1S/C31H27N5O2/c1-20-17-29(36(34-20)24-12-8-10-22(19-24)32-2)31(38)33-23-11-7-9-21(18-23)30(37)27-15-16-28(35(3)4)26-14-6-5-13-25(26)27/h5-19,30,37H,1,3-4H3,(H,33,38). The van der Waals surface area contributed by atoms with E-state index in [1.54, 1.807) is 42.5 Å². The number of aryl methyl sites for hydroxylation is 1. The van der Waals surface area contributed by atoms with Crippen LogP contribution < -0.4 is 10.2 Å². The van der Waals surface area contributed by atoms with Gasteiger partial charge in [0, 0.05) is 30.9 Å². The molecule has 0 aliphatic rings. The van der Waals surface area contributed by atoms with E-state index in [2.05, 4.69) is 26.2 Å². The van der Waals surface area contributed by atoms with E-state index >= 15 is 0 Å². The summed E-state index contributed by atoms with van der Waals surface area (Å²) in [5, 5.41) is 20.8. The van der Waals surface area contributed by atoms with Gasteiger partial charge in [-0.25, -0.2) is 9.53 Å². The molecule has 0 aliphatic carbocycles. The first-order valence-electron chi connectivity index (χ1n) is 12.2. The Labute approximate surface area is 221 Å². The van der Waals surface area contributed by atoms with Crippen molar-refractivity contribution in [2.24, 2.45) is 0 Å². The summed E-state index contributed by atoms with van der Waals surface area (Å²) in [6, 6.07) is 27.9. The fourth-order valence-electron chi connectivity index (χ4n) is 4.65. The van der Waals surface area contributed by atoms with E-state index in [0.29, 0.717) is 34.0 Å². The number of aliphatic hydroxyl groups excluding tert-OH is 1. The molecule has 0 saturated carbocycles. The minimum atomic E-state index is -0.878. The number of nitrogens with zero attached hydrogens (tertiary/aromatic N) is 4. The first-order valence-corrected chi connectivity index (χ1v) is 12.2. The Hall–Kier alpha value is -4.93. The first kappa shape index (κ1) is 24.8. The molecule has 1 atom stereocenters. The number of carbonyl (C=O) groups is 1. The zero-order valence-electron chi connectivity index (χ0n) is 21.4. The fraction of sp³-hybridized carbons (Fsp3) is 0.129. The summed E-state index contributed by atoms with van der Waals surface area (Å²) in [5.74, 6) is -0.341.